The van der Waals surface area contributed by atoms with Gasteiger partial charge < -0.3 is 4.57 Å². The van der Waals surface area contributed by atoms with Crippen LogP contribution in [0.3, 0.4) is 0 Å². The first kappa shape index (κ1) is 12.0. The molecule has 2 fully saturated rings. The molecule has 0 N–H and O–H groups in total. The number of rotatable bonds is 3. The number of likely N-dealkylation sites (tertiary alicyclic amines) is 1. The van der Waals surface area contributed by atoms with Crippen molar-refractivity contribution >= 4 is 0 Å². The molecule has 1 saturated carbocycles. The minimum absolute atomic E-state index is 0.0382. The molecule has 1 aromatic carbocycles. The number of imidazole rings is 1. The largest absolute Gasteiger partial charge is 0.324 e. The van der Waals surface area contributed by atoms with Gasteiger partial charge in [-0.1, -0.05) is 0 Å². The van der Waals surface area contributed by atoms with E-state index in [4.69, 9.17) is 0 Å². The highest BCUT2D eigenvalue weighted by Gasteiger charge is 2.60. The summed E-state index contributed by atoms with van der Waals surface area (Å²) in [6, 6.07) is 3.92. The molecule has 3 nitrogen and oxygen atoms in total. The Hall–Kier alpha value is -1.75. The number of benzene rings is 1. The van der Waals surface area contributed by atoms with E-state index < -0.39 is 11.6 Å². The molecular formula is C15H15F2N3. The van der Waals surface area contributed by atoms with Crippen LogP contribution in [-0.2, 0) is 12.1 Å². The molecule has 2 heterocycles. The number of hydrogen-bond donors (Lipinski definition) is 0. The van der Waals surface area contributed by atoms with Gasteiger partial charge in [0.1, 0.15) is 11.6 Å². The van der Waals surface area contributed by atoms with Crippen molar-refractivity contribution in [1.82, 2.24) is 14.5 Å². The second-order valence-corrected chi connectivity index (χ2v) is 5.95. The van der Waals surface area contributed by atoms with Crippen LogP contribution in [0.25, 0.3) is 0 Å². The molecule has 0 spiro atoms. The van der Waals surface area contributed by atoms with Crippen LogP contribution in [0.5, 0.6) is 0 Å². The summed E-state index contributed by atoms with van der Waals surface area (Å²) in [5, 5.41) is 0. The molecule has 20 heavy (non-hydrogen) atoms. The van der Waals surface area contributed by atoms with E-state index in [1.165, 1.54) is 12.1 Å². The van der Waals surface area contributed by atoms with Gasteiger partial charge in [0.2, 0.25) is 0 Å². The van der Waals surface area contributed by atoms with Crippen molar-refractivity contribution in [3.63, 3.8) is 0 Å². The Kier molecular flexibility index (Phi) is 2.48. The maximum absolute atomic E-state index is 13.4. The molecule has 104 valence electrons. The standard InChI is InChI=1S/C15H15F2N3/c16-13-3-11(4-14(17)5-13)15-6-12(15)7-20(8-15)10-19-2-1-18-9-19/h1-5,9,12H,6-8,10H2/t12-,15+/m0/s1. The van der Waals surface area contributed by atoms with Gasteiger partial charge in [-0.2, -0.15) is 0 Å². The molecule has 2 aromatic rings. The number of nitrogens with zero attached hydrogens (tertiary/aromatic N) is 3. The highest BCUT2D eigenvalue weighted by molar-refractivity contribution is 5.37. The van der Waals surface area contributed by atoms with Gasteiger partial charge in [-0.05, 0) is 30.0 Å². The predicted octanol–water partition coefficient (Wildman–Crippen LogP) is 2.39. The number of piperidine rings is 1. The normalized spacial score (nSPS) is 28.6. The maximum atomic E-state index is 13.4. The minimum Gasteiger partial charge on any atom is -0.324 e. The van der Waals surface area contributed by atoms with E-state index in [0.717, 1.165) is 37.8 Å². The smallest absolute Gasteiger partial charge is 0.126 e. The van der Waals surface area contributed by atoms with E-state index in [1.807, 2.05) is 10.8 Å². The van der Waals surface area contributed by atoms with Crippen molar-refractivity contribution in [3.05, 3.63) is 54.1 Å². The molecule has 1 aliphatic heterocycles. The zero-order valence-electron chi connectivity index (χ0n) is 11.0. The molecule has 1 aliphatic carbocycles. The summed E-state index contributed by atoms with van der Waals surface area (Å²) in [5.41, 5.74) is 0.775. The van der Waals surface area contributed by atoms with Crippen LogP contribution in [-0.4, -0.2) is 27.5 Å². The van der Waals surface area contributed by atoms with Crippen LogP contribution in [0.2, 0.25) is 0 Å². The molecule has 5 heteroatoms. The Bertz CT molecular complexity index is 620. The third-order valence-corrected chi connectivity index (χ3v) is 4.58. The van der Waals surface area contributed by atoms with E-state index in [9.17, 15) is 8.78 Å². The van der Waals surface area contributed by atoms with Crippen LogP contribution in [0.15, 0.2) is 36.9 Å². The van der Waals surface area contributed by atoms with Gasteiger partial charge in [-0.15, -0.1) is 0 Å². The molecule has 1 aromatic heterocycles. The van der Waals surface area contributed by atoms with Gasteiger partial charge in [0.15, 0.2) is 0 Å². The van der Waals surface area contributed by atoms with Crippen LogP contribution in [0.4, 0.5) is 8.78 Å². The van der Waals surface area contributed by atoms with Gasteiger partial charge in [-0.25, -0.2) is 13.8 Å². The van der Waals surface area contributed by atoms with E-state index in [1.54, 1.807) is 12.5 Å². The van der Waals surface area contributed by atoms with E-state index in [-0.39, 0.29) is 5.41 Å². The molecule has 0 unspecified atom stereocenters. The zero-order valence-corrected chi connectivity index (χ0v) is 11.0. The first-order valence-electron chi connectivity index (χ1n) is 6.80. The zero-order chi connectivity index (χ0) is 13.7. The predicted molar refractivity (Wildman–Crippen MR) is 69.9 cm³/mol. The average Bonchev–Trinajstić information content (AvgIpc) is 2.76. The lowest BCUT2D eigenvalue weighted by Gasteiger charge is -2.21. The van der Waals surface area contributed by atoms with Crippen LogP contribution < -0.4 is 0 Å². The average molecular weight is 275 g/mol. The van der Waals surface area contributed by atoms with Crippen LogP contribution in [0, 0.1) is 17.6 Å². The fourth-order valence-electron chi connectivity index (χ4n) is 3.58. The summed E-state index contributed by atoms with van der Waals surface area (Å²) < 4.78 is 28.8. The Labute approximate surface area is 115 Å². The van der Waals surface area contributed by atoms with Crippen LogP contribution >= 0.6 is 0 Å². The van der Waals surface area contributed by atoms with E-state index in [0.29, 0.717) is 5.92 Å². The monoisotopic (exact) mass is 275 g/mol. The highest BCUT2D eigenvalue weighted by Crippen LogP contribution is 2.59. The van der Waals surface area contributed by atoms with Gasteiger partial charge in [-0.3, -0.25) is 4.90 Å². The quantitative estimate of drug-likeness (QED) is 0.857. The molecule has 0 amide bonds. The Morgan fingerprint density at radius 3 is 2.75 bits per heavy atom. The van der Waals surface area contributed by atoms with E-state index in [2.05, 4.69) is 9.88 Å². The molecule has 2 atom stereocenters. The van der Waals surface area contributed by atoms with Crippen molar-refractivity contribution in [2.24, 2.45) is 5.92 Å². The first-order valence-corrected chi connectivity index (χ1v) is 6.80. The number of fused-ring (bicyclic) bond motifs is 1. The topological polar surface area (TPSA) is 21.1 Å². The van der Waals surface area contributed by atoms with E-state index >= 15 is 0 Å². The number of aromatic nitrogens is 2. The van der Waals surface area contributed by atoms with Crippen molar-refractivity contribution in [1.29, 1.82) is 0 Å². The Morgan fingerprint density at radius 2 is 2.05 bits per heavy atom. The lowest BCUT2D eigenvalue weighted by molar-refractivity contribution is 0.238. The lowest BCUT2D eigenvalue weighted by atomic mass is 9.95. The van der Waals surface area contributed by atoms with Crippen molar-refractivity contribution in [2.45, 2.75) is 18.5 Å². The van der Waals surface area contributed by atoms with Gasteiger partial charge in [0, 0.05) is 37.0 Å². The summed E-state index contributed by atoms with van der Waals surface area (Å²) in [5.74, 6) is -0.437. The fourth-order valence-corrected chi connectivity index (χ4v) is 3.58. The Morgan fingerprint density at radius 1 is 1.25 bits per heavy atom. The van der Waals surface area contributed by atoms with Crippen molar-refractivity contribution in [3.8, 4) is 0 Å². The minimum atomic E-state index is -0.479. The molecule has 0 radical (unpaired) electrons. The van der Waals surface area contributed by atoms with Gasteiger partial charge in [0.25, 0.3) is 0 Å². The SMILES string of the molecule is Fc1cc(F)cc([C@]23C[C@H]2CN(Cn2ccnc2)C3)c1. The third kappa shape index (κ3) is 1.85. The molecule has 4 rings (SSSR count). The number of hydrogen-bond acceptors (Lipinski definition) is 2. The molecule has 1 saturated heterocycles. The Balaban J connectivity index is 1.55. The summed E-state index contributed by atoms with van der Waals surface area (Å²) >= 11 is 0. The van der Waals surface area contributed by atoms with Crippen molar-refractivity contribution in [2.75, 3.05) is 13.1 Å². The fraction of sp³-hybridized carbons (Fsp3) is 0.400. The lowest BCUT2D eigenvalue weighted by Crippen LogP contribution is -2.28. The molecule has 2 aliphatic rings. The second-order valence-electron chi connectivity index (χ2n) is 5.95. The van der Waals surface area contributed by atoms with Crippen molar-refractivity contribution < 1.29 is 8.78 Å². The summed E-state index contributed by atoms with van der Waals surface area (Å²) in [7, 11) is 0. The third-order valence-electron chi connectivity index (χ3n) is 4.58. The first-order chi connectivity index (χ1) is 9.65. The second kappa shape index (κ2) is 4.12. The summed E-state index contributed by atoms with van der Waals surface area (Å²) in [6.45, 7) is 2.63. The van der Waals surface area contributed by atoms with Crippen LogP contribution in [0.1, 0.15) is 12.0 Å². The highest BCUT2D eigenvalue weighted by atomic mass is 19.1. The summed E-state index contributed by atoms with van der Waals surface area (Å²) in [6.07, 6.45) is 6.52. The van der Waals surface area contributed by atoms with Gasteiger partial charge in [0.05, 0.1) is 13.0 Å². The summed E-state index contributed by atoms with van der Waals surface area (Å²) in [4.78, 5) is 6.35. The number of halogens is 2. The van der Waals surface area contributed by atoms with Gasteiger partial charge >= 0.3 is 0 Å². The molecular weight excluding hydrogens is 260 g/mol. The molecule has 0 bridgehead atoms. The maximum Gasteiger partial charge on any atom is 0.126 e.